The summed E-state index contributed by atoms with van der Waals surface area (Å²) in [5.41, 5.74) is 0.384. The van der Waals surface area contributed by atoms with Gasteiger partial charge in [0, 0.05) is 18.4 Å². The van der Waals surface area contributed by atoms with Crippen LogP contribution in [0.1, 0.15) is 6.42 Å². The lowest BCUT2D eigenvalue weighted by molar-refractivity contribution is -0.136. The molecule has 0 aromatic heterocycles. The van der Waals surface area contributed by atoms with Gasteiger partial charge in [-0.1, -0.05) is 11.6 Å². The maximum absolute atomic E-state index is 11.7. The number of benzene rings is 1. The topological polar surface area (TPSA) is 111 Å². The zero-order valence-electron chi connectivity index (χ0n) is 11.7. The highest BCUT2D eigenvalue weighted by Crippen LogP contribution is 2.27. The Morgan fingerprint density at radius 3 is 2.77 bits per heavy atom. The number of aliphatic carboxylic acids is 1. The lowest BCUT2D eigenvalue weighted by Gasteiger charge is -2.06. The standard InChI is InChI=1S/C14H14ClN3O4/c1-22-12-3-2-10(6-11(12)15)18-8-9(7-16)14(21)17-5-4-13(19)20/h2-3,6,8,18H,4-5H2,1H3,(H,17,21)(H,19,20)/b9-8-. The van der Waals surface area contributed by atoms with Gasteiger partial charge in [-0.15, -0.1) is 0 Å². The fourth-order valence-electron chi connectivity index (χ4n) is 1.44. The number of carbonyl (C=O) groups is 2. The summed E-state index contributed by atoms with van der Waals surface area (Å²) in [6.07, 6.45) is 1.00. The van der Waals surface area contributed by atoms with Gasteiger partial charge in [0.2, 0.25) is 0 Å². The van der Waals surface area contributed by atoms with Crippen molar-refractivity contribution in [2.24, 2.45) is 0 Å². The smallest absolute Gasteiger partial charge is 0.305 e. The van der Waals surface area contributed by atoms with Crippen molar-refractivity contribution < 1.29 is 19.4 Å². The lowest BCUT2D eigenvalue weighted by atomic mass is 10.2. The van der Waals surface area contributed by atoms with E-state index < -0.39 is 11.9 Å². The fourth-order valence-corrected chi connectivity index (χ4v) is 1.70. The molecule has 116 valence electrons. The number of anilines is 1. The minimum atomic E-state index is -1.03. The molecule has 0 spiro atoms. The molecule has 0 atom stereocenters. The van der Waals surface area contributed by atoms with Gasteiger partial charge in [0.25, 0.3) is 5.91 Å². The Bertz CT molecular complexity index is 637. The molecule has 1 aromatic rings. The average Bonchev–Trinajstić information content (AvgIpc) is 2.47. The van der Waals surface area contributed by atoms with Crippen LogP contribution in [0.15, 0.2) is 30.0 Å². The molecule has 0 saturated carbocycles. The first-order chi connectivity index (χ1) is 10.5. The van der Waals surface area contributed by atoms with Crippen molar-refractivity contribution in [3.8, 4) is 11.8 Å². The van der Waals surface area contributed by atoms with E-state index in [2.05, 4.69) is 10.6 Å². The molecular weight excluding hydrogens is 310 g/mol. The van der Waals surface area contributed by atoms with Crippen molar-refractivity contribution in [2.75, 3.05) is 19.0 Å². The number of halogens is 1. The number of methoxy groups -OCH3 is 1. The highest BCUT2D eigenvalue weighted by molar-refractivity contribution is 6.32. The zero-order valence-corrected chi connectivity index (χ0v) is 12.5. The summed E-state index contributed by atoms with van der Waals surface area (Å²) < 4.78 is 5.01. The third kappa shape index (κ3) is 5.34. The Kier molecular flexibility index (Phi) is 6.73. The SMILES string of the molecule is COc1ccc(N/C=C(/C#N)C(=O)NCCC(=O)O)cc1Cl. The molecule has 0 aliphatic carbocycles. The van der Waals surface area contributed by atoms with Crippen molar-refractivity contribution in [1.29, 1.82) is 5.26 Å². The number of hydrogen-bond acceptors (Lipinski definition) is 5. The van der Waals surface area contributed by atoms with E-state index in [1.54, 1.807) is 24.3 Å². The first kappa shape index (κ1) is 17.3. The van der Waals surface area contributed by atoms with Crippen molar-refractivity contribution in [1.82, 2.24) is 5.32 Å². The van der Waals surface area contributed by atoms with Gasteiger partial charge in [-0.25, -0.2) is 0 Å². The Morgan fingerprint density at radius 2 is 2.23 bits per heavy atom. The Morgan fingerprint density at radius 1 is 1.50 bits per heavy atom. The molecule has 0 fully saturated rings. The first-order valence-corrected chi connectivity index (χ1v) is 6.56. The van der Waals surface area contributed by atoms with Gasteiger partial charge < -0.3 is 20.5 Å². The summed E-state index contributed by atoms with van der Waals surface area (Å²) in [5, 5.41) is 22.9. The van der Waals surface area contributed by atoms with Crippen LogP contribution in [0, 0.1) is 11.3 Å². The molecule has 0 heterocycles. The minimum absolute atomic E-state index is 0.0540. The van der Waals surface area contributed by atoms with E-state index in [1.807, 2.05) is 0 Å². The van der Waals surface area contributed by atoms with E-state index in [1.165, 1.54) is 13.3 Å². The predicted octanol–water partition coefficient (Wildman–Crippen LogP) is 1.76. The molecule has 0 aliphatic heterocycles. The number of nitriles is 1. The van der Waals surface area contributed by atoms with Crippen molar-refractivity contribution in [3.63, 3.8) is 0 Å². The van der Waals surface area contributed by atoms with Crippen LogP contribution in [-0.2, 0) is 9.59 Å². The number of nitrogens with zero attached hydrogens (tertiary/aromatic N) is 1. The summed E-state index contributed by atoms with van der Waals surface area (Å²) >= 11 is 5.95. The molecule has 0 unspecified atom stereocenters. The fraction of sp³-hybridized carbons (Fsp3) is 0.214. The number of hydrogen-bond donors (Lipinski definition) is 3. The number of carboxylic acid groups (broad SMARTS) is 1. The molecule has 8 heteroatoms. The molecule has 1 aromatic carbocycles. The molecule has 1 rings (SSSR count). The highest BCUT2D eigenvalue weighted by atomic mass is 35.5. The molecule has 0 radical (unpaired) electrons. The van der Waals surface area contributed by atoms with Crippen LogP contribution in [-0.4, -0.2) is 30.6 Å². The van der Waals surface area contributed by atoms with Crippen molar-refractivity contribution in [3.05, 3.63) is 35.0 Å². The van der Waals surface area contributed by atoms with Gasteiger partial charge in [0.1, 0.15) is 17.4 Å². The molecule has 22 heavy (non-hydrogen) atoms. The van der Waals surface area contributed by atoms with E-state index in [0.717, 1.165) is 0 Å². The van der Waals surface area contributed by atoms with E-state index in [0.29, 0.717) is 16.5 Å². The maximum Gasteiger partial charge on any atom is 0.305 e. The monoisotopic (exact) mass is 323 g/mol. The second-order valence-electron chi connectivity index (χ2n) is 4.06. The predicted molar refractivity (Wildman–Crippen MR) is 80.6 cm³/mol. The van der Waals surface area contributed by atoms with Crippen LogP contribution in [0.25, 0.3) is 0 Å². The van der Waals surface area contributed by atoms with Gasteiger partial charge in [-0.3, -0.25) is 9.59 Å². The van der Waals surface area contributed by atoms with Gasteiger partial charge in [-0.05, 0) is 18.2 Å². The number of carboxylic acids is 1. The molecule has 3 N–H and O–H groups in total. The van der Waals surface area contributed by atoms with E-state index >= 15 is 0 Å². The quantitative estimate of drug-likeness (QED) is 0.521. The van der Waals surface area contributed by atoms with Gasteiger partial charge in [-0.2, -0.15) is 5.26 Å². The van der Waals surface area contributed by atoms with Gasteiger partial charge >= 0.3 is 5.97 Å². The van der Waals surface area contributed by atoms with Crippen LogP contribution >= 0.6 is 11.6 Å². The highest BCUT2D eigenvalue weighted by Gasteiger charge is 2.09. The lowest BCUT2D eigenvalue weighted by Crippen LogP contribution is -2.27. The first-order valence-electron chi connectivity index (χ1n) is 6.18. The van der Waals surface area contributed by atoms with Crippen LogP contribution < -0.4 is 15.4 Å². The molecule has 0 saturated heterocycles. The van der Waals surface area contributed by atoms with Crippen LogP contribution in [0.3, 0.4) is 0 Å². The Labute approximate surface area is 132 Å². The molecular formula is C14H14ClN3O4. The molecule has 1 amide bonds. The third-order valence-electron chi connectivity index (χ3n) is 2.52. The van der Waals surface area contributed by atoms with E-state index in [4.69, 9.17) is 26.7 Å². The number of ether oxygens (including phenoxy) is 1. The van der Waals surface area contributed by atoms with Gasteiger partial charge in [0.15, 0.2) is 0 Å². The summed E-state index contributed by atoms with van der Waals surface area (Å²) in [7, 11) is 1.49. The van der Waals surface area contributed by atoms with Crippen LogP contribution in [0.2, 0.25) is 5.02 Å². The summed E-state index contributed by atoms with van der Waals surface area (Å²) in [6.45, 7) is -0.0540. The Hall–Kier alpha value is -2.72. The zero-order chi connectivity index (χ0) is 16.5. The van der Waals surface area contributed by atoms with Crippen molar-refractivity contribution >= 4 is 29.2 Å². The number of amides is 1. The van der Waals surface area contributed by atoms with Crippen LogP contribution in [0.4, 0.5) is 5.69 Å². The minimum Gasteiger partial charge on any atom is -0.495 e. The largest absolute Gasteiger partial charge is 0.495 e. The number of nitrogens with one attached hydrogen (secondary N) is 2. The average molecular weight is 324 g/mol. The van der Waals surface area contributed by atoms with E-state index in [9.17, 15) is 9.59 Å². The molecule has 0 bridgehead atoms. The summed E-state index contributed by atoms with van der Waals surface area (Å²) in [6, 6.07) is 6.61. The number of carbonyl (C=O) groups excluding carboxylic acids is 1. The molecule has 0 aliphatic rings. The third-order valence-corrected chi connectivity index (χ3v) is 2.82. The maximum atomic E-state index is 11.7. The second-order valence-corrected chi connectivity index (χ2v) is 4.47. The van der Waals surface area contributed by atoms with Crippen LogP contribution in [0.5, 0.6) is 5.75 Å². The van der Waals surface area contributed by atoms with Gasteiger partial charge in [0.05, 0.1) is 18.6 Å². The summed E-state index contributed by atoms with van der Waals surface area (Å²) in [5.74, 6) is -1.19. The normalized spacial score (nSPS) is 10.5. The van der Waals surface area contributed by atoms with E-state index in [-0.39, 0.29) is 18.5 Å². The number of rotatable bonds is 7. The Balaban J connectivity index is 2.69. The molecule has 7 nitrogen and oxygen atoms in total. The summed E-state index contributed by atoms with van der Waals surface area (Å²) in [4.78, 5) is 22.0. The van der Waals surface area contributed by atoms with Crippen molar-refractivity contribution in [2.45, 2.75) is 6.42 Å². The second kappa shape index (κ2) is 8.54.